The number of hydrogen-bond acceptors (Lipinski definition) is 4. The summed E-state index contributed by atoms with van der Waals surface area (Å²) >= 11 is 0. The number of hydrogen-bond donors (Lipinski definition) is 0. The third-order valence-electron chi connectivity index (χ3n) is 9.55. The zero-order chi connectivity index (χ0) is 21.5. The van der Waals surface area contributed by atoms with Crippen LogP contribution in [0.5, 0.6) is 0 Å². The summed E-state index contributed by atoms with van der Waals surface area (Å²) < 4.78 is 11.8. The molecule has 4 nitrogen and oxygen atoms in total. The maximum absolute atomic E-state index is 12.1. The van der Waals surface area contributed by atoms with Crippen molar-refractivity contribution in [2.45, 2.75) is 98.0 Å². The Hall–Kier alpha value is -1.32. The number of carbonyl (C=O) groups is 2. The lowest BCUT2D eigenvalue weighted by molar-refractivity contribution is -0.164. The van der Waals surface area contributed by atoms with E-state index in [-0.39, 0.29) is 28.9 Å². The fourth-order valence-corrected chi connectivity index (χ4v) is 7.89. The summed E-state index contributed by atoms with van der Waals surface area (Å²) in [4.78, 5) is 24.2. The van der Waals surface area contributed by atoms with Crippen molar-refractivity contribution in [1.29, 1.82) is 0 Å². The van der Waals surface area contributed by atoms with Gasteiger partial charge in [0, 0.05) is 23.7 Å². The summed E-state index contributed by atoms with van der Waals surface area (Å²) in [5, 5.41) is 0. The molecule has 168 valence electrons. The minimum atomic E-state index is -0.0725. The molecule has 0 aromatic carbocycles. The Morgan fingerprint density at radius 2 is 1.80 bits per heavy atom. The minimum Gasteiger partial charge on any atom is -0.465 e. The number of esters is 2. The second-order valence-electron chi connectivity index (χ2n) is 10.6. The molecule has 3 fully saturated rings. The lowest BCUT2D eigenvalue weighted by Gasteiger charge is -2.60. The molecule has 0 aromatic rings. The first kappa shape index (κ1) is 21.9. The number of ether oxygens (including phenoxy) is 2. The van der Waals surface area contributed by atoms with Crippen molar-refractivity contribution in [2.24, 2.45) is 34.5 Å². The summed E-state index contributed by atoms with van der Waals surface area (Å²) in [7, 11) is 0. The zero-order valence-electron chi connectivity index (χ0n) is 19.4. The topological polar surface area (TPSA) is 52.6 Å². The highest BCUT2D eigenvalue weighted by Crippen LogP contribution is 2.67. The zero-order valence-corrected chi connectivity index (χ0v) is 19.4. The van der Waals surface area contributed by atoms with Gasteiger partial charge in [-0.1, -0.05) is 39.3 Å². The van der Waals surface area contributed by atoms with Crippen LogP contribution in [0.2, 0.25) is 0 Å². The second kappa shape index (κ2) is 8.31. The molecular formula is C26H40O4. The Morgan fingerprint density at radius 1 is 1.03 bits per heavy atom. The van der Waals surface area contributed by atoms with Crippen LogP contribution >= 0.6 is 0 Å². The van der Waals surface area contributed by atoms with E-state index in [4.69, 9.17) is 9.47 Å². The number of rotatable bonds is 5. The van der Waals surface area contributed by atoms with Crippen LogP contribution in [0.25, 0.3) is 0 Å². The molecule has 0 aliphatic heterocycles. The van der Waals surface area contributed by atoms with Gasteiger partial charge in [-0.05, 0) is 75.0 Å². The number of carbonyl (C=O) groups excluding carboxylic acids is 2. The molecule has 0 N–H and O–H groups in total. The van der Waals surface area contributed by atoms with E-state index in [0.29, 0.717) is 43.1 Å². The first-order valence-electron chi connectivity index (χ1n) is 12.4. The van der Waals surface area contributed by atoms with E-state index in [9.17, 15) is 9.59 Å². The van der Waals surface area contributed by atoms with Gasteiger partial charge in [0.15, 0.2) is 0 Å². The van der Waals surface area contributed by atoms with Crippen molar-refractivity contribution in [2.75, 3.05) is 6.61 Å². The molecule has 30 heavy (non-hydrogen) atoms. The molecule has 4 heteroatoms. The smallest absolute Gasteiger partial charge is 0.305 e. The van der Waals surface area contributed by atoms with Gasteiger partial charge in [-0.15, -0.1) is 0 Å². The Bertz CT molecular complexity index is 712. The van der Waals surface area contributed by atoms with E-state index >= 15 is 0 Å². The third kappa shape index (κ3) is 3.33. The lowest BCUT2D eigenvalue weighted by Crippen LogP contribution is -2.56. The van der Waals surface area contributed by atoms with E-state index in [1.807, 2.05) is 13.8 Å². The van der Waals surface area contributed by atoms with Crippen LogP contribution in [0.1, 0.15) is 91.9 Å². The summed E-state index contributed by atoms with van der Waals surface area (Å²) in [6.45, 7) is 9.10. The van der Waals surface area contributed by atoms with Crippen molar-refractivity contribution in [3.8, 4) is 0 Å². The number of allylic oxidation sites excluding steroid dienone is 1. The average Bonchev–Trinajstić information content (AvgIpc) is 3.08. The largest absolute Gasteiger partial charge is 0.465 e. The molecule has 4 rings (SSSR count). The van der Waals surface area contributed by atoms with Gasteiger partial charge in [0.1, 0.15) is 12.7 Å². The molecule has 0 heterocycles. The average molecular weight is 417 g/mol. The van der Waals surface area contributed by atoms with Crippen LogP contribution < -0.4 is 0 Å². The number of fused-ring (bicyclic) bond motifs is 5. The van der Waals surface area contributed by atoms with Crippen LogP contribution in [0.3, 0.4) is 0 Å². The van der Waals surface area contributed by atoms with Crippen molar-refractivity contribution < 1.29 is 19.1 Å². The predicted molar refractivity (Wildman–Crippen MR) is 117 cm³/mol. The minimum absolute atomic E-state index is 0.0194. The van der Waals surface area contributed by atoms with Crippen LogP contribution in [-0.2, 0) is 19.1 Å². The van der Waals surface area contributed by atoms with Crippen molar-refractivity contribution >= 4 is 11.9 Å². The molecule has 0 saturated heterocycles. The second-order valence-corrected chi connectivity index (χ2v) is 10.6. The van der Waals surface area contributed by atoms with E-state index in [1.165, 1.54) is 12.8 Å². The third-order valence-corrected chi connectivity index (χ3v) is 9.55. The summed E-state index contributed by atoms with van der Waals surface area (Å²) in [6, 6.07) is 0. The van der Waals surface area contributed by atoms with Crippen molar-refractivity contribution in [3.05, 3.63) is 11.6 Å². The SMILES string of the molecule is CCC(=O)OC[C@@]12C(=CCC[C@@H]1C)CC[C@H]1[C@@H]3CC[C@H](OC(=O)CC)[C@@]3(C)CC[C@@H]12. The van der Waals surface area contributed by atoms with Gasteiger partial charge in [-0.25, -0.2) is 0 Å². The summed E-state index contributed by atoms with van der Waals surface area (Å²) in [5.41, 5.74) is 1.69. The predicted octanol–water partition coefficient (Wildman–Crippen LogP) is 5.84. The Morgan fingerprint density at radius 3 is 2.53 bits per heavy atom. The highest BCUT2D eigenvalue weighted by atomic mass is 16.5. The Labute approximate surface area is 182 Å². The van der Waals surface area contributed by atoms with Crippen LogP contribution in [0, 0.1) is 34.5 Å². The summed E-state index contributed by atoms with van der Waals surface area (Å²) in [6.07, 6.45) is 12.6. The van der Waals surface area contributed by atoms with E-state index < -0.39 is 0 Å². The first-order valence-corrected chi connectivity index (χ1v) is 12.4. The van der Waals surface area contributed by atoms with E-state index in [0.717, 1.165) is 38.5 Å². The fraction of sp³-hybridized carbons (Fsp3) is 0.846. The van der Waals surface area contributed by atoms with Gasteiger partial charge in [-0.3, -0.25) is 9.59 Å². The molecule has 4 aliphatic rings. The van der Waals surface area contributed by atoms with Gasteiger partial charge in [-0.2, -0.15) is 0 Å². The quantitative estimate of drug-likeness (QED) is 0.417. The molecule has 4 aliphatic carbocycles. The summed E-state index contributed by atoms with van der Waals surface area (Å²) in [5.74, 6) is 2.26. The molecule has 0 aromatic heterocycles. The Kier molecular flexibility index (Phi) is 6.07. The van der Waals surface area contributed by atoms with E-state index in [1.54, 1.807) is 5.57 Å². The van der Waals surface area contributed by atoms with E-state index in [2.05, 4.69) is 19.9 Å². The van der Waals surface area contributed by atoms with Gasteiger partial charge >= 0.3 is 11.9 Å². The van der Waals surface area contributed by atoms with Crippen LogP contribution in [-0.4, -0.2) is 24.6 Å². The maximum atomic E-state index is 12.1. The molecule has 0 unspecified atom stereocenters. The molecule has 0 amide bonds. The van der Waals surface area contributed by atoms with Gasteiger partial charge in [0.25, 0.3) is 0 Å². The molecule has 7 atom stereocenters. The maximum Gasteiger partial charge on any atom is 0.305 e. The van der Waals surface area contributed by atoms with Crippen LogP contribution in [0.4, 0.5) is 0 Å². The van der Waals surface area contributed by atoms with Gasteiger partial charge in [0.05, 0.1) is 0 Å². The molecule has 3 saturated carbocycles. The molecule has 0 spiro atoms. The normalized spacial score (nSPS) is 42.4. The lowest BCUT2D eigenvalue weighted by atomic mass is 9.45. The first-order chi connectivity index (χ1) is 14.4. The van der Waals surface area contributed by atoms with Crippen molar-refractivity contribution in [3.63, 3.8) is 0 Å². The van der Waals surface area contributed by atoms with Crippen molar-refractivity contribution in [1.82, 2.24) is 0 Å². The van der Waals surface area contributed by atoms with Crippen LogP contribution in [0.15, 0.2) is 11.6 Å². The molecule has 0 radical (unpaired) electrons. The molecule has 0 bridgehead atoms. The fourth-order valence-electron chi connectivity index (χ4n) is 7.89. The monoisotopic (exact) mass is 416 g/mol. The van der Waals surface area contributed by atoms with Gasteiger partial charge < -0.3 is 9.47 Å². The molecular weight excluding hydrogens is 376 g/mol. The highest BCUT2D eigenvalue weighted by Gasteiger charge is 2.62. The highest BCUT2D eigenvalue weighted by molar-refractivity contribution is 5.69. The standard InChI is InChI=1S/C26H40O4/c1-5-23(27)29-16-26-17(3)8-7-9-18(26)10-11-19-20-12-13-22(30-24(28)6-2)25(20,4)15-14-21(19)26/h9,17,19-22H,5-8,10-16H2,1-4H3/t17-,19-,20-,21-,22-,25-,26-/m0/s1. The Balaban J connectivity index is 1.63. The van der Waals surface area contributed by atoms with Gasteiger partial charge in [0.2, 0.25) is 0 Å².